The Balaban J connectivity index is 2.53. The Bertz CT molecular complexity index is 37.4. The molecule has 1 N–H and O–H groups in total. The zero-order chi connectivity index (χ0) is 6.24. The molecule has 2 nitrogen and oxygen atoms in total. The summed E-state index contributed by atoms with van der Waals surface area (Å²) in [5.74, 6) is 1.14. The van der Waals surface area contributed by atoms with Crippen molar-refractivity contribution in [1.82, 2.24) is 5.32 Å². The standard InChI is InChI=1S/C5H12NOS/c1-8-4-2-3-6-5-7/h7H,2-5H2,1H3. The summed E-state index contributed by atoms with van der Waals surface area (Å²) in [5.41, 5.74) is 0. The van der Waals surface area contributed by atoms with Gasteiger partial charge in [-0.2, -0.15) is 11.8 Å². The summed E-state index contributed by atoms with van der Waals surface area (Å²) in [7, 11) is 0. The van der Waals surface area contributed by atoms with E-state index in [9.17, 15) is 0 Å². The van der Waals surface area contributed by atoms with Gasteiger partial charge < -0.3 is 5.11 Å². The van der Waals surface area contributed by atoms with Crippen LogP contribution in [-0.2, 0) is 0 Å². The van der Waals surface area contributed by atoms with Gasteiger partial charge in [0.05, 0.1) is 0 Å². The van der Waals surface area contributed by atoms with Crippen LogP contribution in [0.1, 0.15) is 6.42 Å². The molecule has 0 bridgehead atoms. The molecule has 3 heteroatoms. The lowest BCUT2D eigenvalue weighted by Crippen LogP contribution is -2.07. The molecule has 0 fully saturated rings. The minimum absolute atomic E-state index is 0.0195. The fourth-order valence-corrected chi connectivity index (χ4v) is 0.809. The summed E-state index contributed by atoms with van der Waals surface area (Å²) < 4.78 is 0. The van der Waals surface area contributed by atoms with Gasteiger partial charge in [-0.15, -0.1) is 0 Å². The second kappa shape index (κ2) is 7.27. The van der Waals surface area contributed by atoms with Crippen molar-refractivity contribution in [1.29, 1.82) is 0 Å². The van der Waals surface area contributed by atoms with Crippen LogP contribution in [0, 0.1) is 0 Å². The number of hydrogen-bond donors (Lipinski definition) is 1. The molecule has 0 rings (SSSR count). The third-order valence-electron chi connectivity index (χ3n) is 0.765. The summed E-state index contributed by atoms with van der Waals surface area (Å²) in [4.78, 5) is 0. The molecule has 0 heterocycles. The lowest BCUT2D eigenvalue weighted by Gasteiger charge is -1.94. The van der Waals surface area contributed by atoms with Crippen molar-refractivity contribution in [2.24, 2.45) is 0 Å². The van der Waals surface area contributed by atoms with Gasteiger partial charge in [0, 0.05) is 6.54 Å². The van der Waals surface area contributed by atoms with Crippen LogP contribution in [0.3, 0.4) is 0 Å². The van der Waals surface area contributed by atoms with Gasteiger partial charge in [-0.1, -0.05) is 0 Å². The van der Waals surface area contributed by atoms with Crippen LogP contribution in [0.2, 0.25) is 0 Å². The fraction of sp³-hybridized carbons (Fsp3) is 1.00. The Kier molecular flexibility index (Phi) is 7.52. The van der Waals surface area contributed by atoms with E-state index in [1.807, 2.05) is 11.8 Å². The molecule has 0 aromatic heterocycles. The lowest BCUT2D eigenvalue weighted by atomic mass is 10.5. The molecule has 8 heavy (non-hydrogen) atoms. The molecule has 0 aliphatic heterocycles. The Morgan fingerprint density at radius 3 is 2.88 bits per heavy atom. The monoisotopic (exact) mass is 134 g/mol. The normalized spacial score (nSPS) is 9.75. The summed E-state index contributed by atoms with van der Waals surface area (Å²) in [6.07, 6.45) is 3.15. The van der Waals surface area contributed by atoms with E-state index in [-0.39, 0.29) is 6.73 Å². The highest BCUT2D eigenvalue weighted by atomic mass is 32.2. The quantitative estimate of drug-likeness (QED) is 0.548. The first kappa shape index (κ1) is 8.27. The highest BCUT2D eigenvalue weighted by Gasteiger charge is 1.83. The van der Waals surface area contributed by atoms with E-state index in [4.69, 9.17) is 5.11 Å². The van der Waals surface area contributed by atoms with Crippen molar-refractivity contribution in [3.8, 4) is 0 Å². The number of aliphatic hydroxyl groups excluding tert-OH is 1. The fourth-order valence-electron chi connectivity index (χ4n) is 0.391. The topological polar surface area (TPSA) is 34.3 Å². The molecular weight excluding hydrogens is 122 g/mol. The maximum Gasteiger partial charge on any atom is 0.109 e. The molecule has 0 amide bonds. The minimum Gasteiger partial charge on any atom is -0.380 e. The zero-order valence-electron chi connectivity index (χ0n) is 5.13. The van der Waals surface area contributed by atoms with Gasteiger partial charge in [0.15, 0.2) is 0 Å². The second-order valence-electron chi connectivity index (χ2n) is 1.43. The minimum atomic E-state index is -0.0195. The molecular formula is C5H12NOS. The first-order chi connectivity index (χ1) is 3.91. The van der Waals surface area contributed by atoms with Crippen molar-refractivity contribution >= 4 is 11.8 Å². The first-order valence-electron chi connectivity index (χ1n) is 2.65. The van der Waals surface area contributed by atoms with Gasteiger partial charge in [-0.25, -0.2) is 5.32 Å². The van der Waals surface area contributed by atoms with E-state index in [1.54, 1.807) is 0 Å². The maximum atomic E-state index is 8.19. The zero-order valence-corrected chi connectivity index (χ0v) is 5.95. The SMILES string of the molecule is CSCCC[N]CO. The Morgan fingerprint density at radius 1 is 1.62 bits per heavy atom. The van der Waals surface area contributed by atoms with Crippen LogP contribution in [-0.4, -0.2) is 30.4 Å². The lowest BCUT2D eigenvalue weighted by molar-refractivity contribution is 0.257. The average Bonchev–Trinajstić information content (AvgIpc) is 1.81. The predicted octanol–water partition coefficient (Wildman–Crippen LogP) is 0.294. The Hall–Kier alpha value is 0.270. The summed E-state index contributed by atoms with van der Waals surface area (Å²) in [6.45, 7) is 0.783. The molecule has 0 aromatic rings. The molecule has 49 valence electrons. The first-order valence-corrected chi connectivity index (χ1v) is 4.04. The highest BCUT2D eigenvalue weighted by molar-refractivity contribution is 7.98. The van der Waals surface area contributed by atoms with Crippen molar-refractivity contribution < 1.29 is 5.11 Å². The van der Waals surface area contributed by atoms with Crippen molar-refractivity contribution in [3.05, 3.63) is 0 Å². The third-order valence-corrected chi connectivity index (χ3v) is 1.46. The van der Waals surface area contributed by atoms with E-state index < -0.39 is 0 Å². The number of rotatable bonds is 5. The van der Waals surface area contributed by atoms with E-state index in [2.05, 4.69) is 11.6 Å². The highest BCUT2D eigenvalue weighted by Crippen LogP contribution is 1.92. The number of thioether (sulfide) groups is 1. The predicted molar refractivity (Wildman–Crippen MR) is 37.1 cm³/mol. The van der Waals surface area contributed by atoms with Crippen LogP contribution in [0.25, 0.3) is 0 Å². The van der Waals surface area contributed by atoms with Crippen molar-refractivity contribution in [3.63, 3.8) is 0 Å². The molecule has 0 aromatic carbocycles. The van der Waals surface area contributed by atoms with Crippen molar-refractivity contribution in [2.75, 3.05) is 25.3 Å². The molecule has 0 unspecified atom stereocenters. The van der Waals surface area contributed by atoms with Gasteiger partial charge in [0.1, 0.15) is 6.73 Å². The van der Waals surface area contributed by atoms with Crippen LogP contribution in [0.5, 0.6) is 0 Å². The molecule has 0 aliphatic carbocycles. The Labute approximate surface area is 54.7 Å². The van der Waals surface area contributed by atoms with E-state index in [0.29, 0.717) is 0 Å². The smallest absolute Gasteiger partial charge is 0.109 e. The average molecular weight is 134 g/mol. The number of hydrogen-bond acceptors (Lipinski definition) is 2. The van der Waals surface area contributed by atoms with Crippen molar-refractivity contribution in [2.45, 2.75) is 6.42 Å². The van der Waals surface area contributed by atoms with Gasteiger partial charge in [-0.3, -0.25) is 0 Å². The van der Waals surface area contributed by atoms with E-state index >= 15 is 0 Å². The summed E-state index contributed by atoms with van der Waals surface area (Å²) >= 11 is 1.81. The van der Waals surface area contributed by atoms with E-state index in [0.717, 1.165) is 18.7 Å². The van der Waals surface area contributed by atoms with Crippen LogP contribution < -0.4 is 5.32 Å². The summed E-state index contributed by atoms with van der Waals surface area (Å²) in [5, 5.41) is 11.9. The van der Waals surface area contributed by atoms with Gasteiger partial charge in [0.25, 0.3) is 0 Å². The largest absolute Gasteiger partial charge is 0.380 e. The number of aliphatic hydroxyl groups is 1. The third kappa shape index (κ3) is 6.27. The molecule has 0 aliphatic rings. The second-order valence-corrected chi connectivity index (χ2v) is 2.42. The molecule has 0 spiro atoms. The van der Waals surface area contributed by atoms with Gasteiger partial charge in [0.2, 0.25) is 0 Å². The van der Waals surface area contributed by atoms with Crippen LogP contribution >= 0.6 is 11.8 Å². The van der Waals surface area contributed by atoms with Gasteiger partial charge in [-0.05, 0) is 18.4 Å². The molecule has 1 radical (unpaired) electrons. The molecule has 0 saturated carbocycles. The molecule has 0 atom stereocenters. The summed E-state index contributed by atoms with van der Waals surface area (Å²) in [6, 6.07) is 0. The maximum absolute atomic E-state index is 8.19. The Morgan fingerprint density at radius 2 is 2.38 bits per heavy atom. The molecule has 0 saturated heterocycles. The number of nitrogens with zero attached hydrogens (tertiary/aromatic N) is 1. The van der Waals surface area contributed by atoms with Gasteiger partial charge >= 0.3 is 0 Å². The van der Waals surface area contributed by atoms with E-state index in [1.165, 1.54) is 0 Å². The van der Waals surface area contributed by atoms with Crippen LogP contribution in [0.15, 0.2) is 0 Å². The van der Waals surface area contributed by atoms with Crippen LogP contribution in [0.4, 0.5) is 0 Å².